The Hall–Kier alpha value is -2.21. The minimum Gasteiger partial charge on any atom is -0.493 e. The van der Waals surface area contributed by atoms with Gasteiger partial charge in [-0.15, -0.1) is 0 Å². The van der Waals surface area contributed by atoms with E-state index in [1.54, 1.807) is 26.4 Å². The number of aryl methyl sites for hydroxylation is 1. The number of halogens is 1. The third kappa shape index (κ3) is 5.67. The number of methoxy groups -OCH3 is 2. The third-order valence-corrected chi connectivity index (χ3v) is 4.36. The highest BCUT2D eigenvalue weighted by Crippen LogP contribution is 2.33. The van der Waals surface area contributed by atoms with Gasteiger partial charge in [0.05, 0.1) is 27.2 Å². The number of hydrogen-bond acceptors (Lipinski definition) is 4. The van der Waals surface area contributed by atoms with E-state index in [0.29, 0.717) is 24.7 Å². The van der Waals surface area contributed by atoms with E-state index in [1.165, 1.54) is 5.56 Å². The van der Waals surface area contributed by atoms with Crippen molar-refractivity contribution in [1.29, 1.82) is 0 Å². The first-order valence-electron chi connectivity index (χ1n) is 7.90. The van der Waals surface area contributed by atoms with Crippen LogP contribution in [0.1, 0.15) is 11.1 Å². The molecule has 6 heteroatoms. The van der Waals surface area contributed by atoms with Gasteiger partial charge in [0.2, 0.25) is 5.91 Å². The lowest BCUT2D eigenvalue weighted by molar-refractivity contribution is -0.120. The van der Waals surface area contributed by atoms with Crippen LogP contribution < -0.4 is 19.5 Å². The van der Waals surface area contributed by atoms with Gasteiger partial charge >= 0.3 is 0 Å². The largest absolute Gasteiger partial charge is 0.493 e. The molecule has 0 atom stereocenters. The molecule has 134 valence electrons. The van der Waals surface area contributed by atoms with Crippen LogP contribution in [0.25, 0.3) is 0 Å². The quantitative estimate of drug-likeness (QED) is 0.680. The van der Waals surface area contributed by atoms with E-state index in [-0.39, 0.29) is 12.3 Å². The van der Waals surface area contributed by atoms with Crippen molar-refractivity contribution in [3.05, 3.63) is 52.0 Å². The van der Waals surface area contributed by atoms with E-state index in [9.17, 15) is 4.79 Å². The summed E-state index contributed by atoms with van der Waals surface area (Å²) in [6, 6.07) is 11.4. The maximum absolute atomic E-state index is 12.1. The van der Waals surface area contributed by atoms with Crippen molar-refractivity contribution in [2.75, 3.05) is 27.4 Å². The molecule has 0 aliphatic carbocycles. The Morgan fingerprint density at radius 1 is 1.08 bits per heavy atom. The fourth-order valence-corrected chi connectivity index (χ4v) is 2.72. The molecule has 2 aromatic rings. The van der Waals surface area contributed by atoms with Crippen molar-refractivity contribution < 1.29 is 19.0 Å². The zero-order chi connectivity index (χ0) is 18.2. The second-order valence-electron chi connectivity index (χ2n) is 5.49. The summed E-state index contributed by atoms with van der Waals surface area (Å²) in [7, 11) is 3.14. The zero-order valence-electron chi connectivity index (χ0n) is 14.6. The van der Waals surface area contributed by atoms with E-state index in [1.807, 2.05) is 31.2 Å². The molecule has 1 amide bonds. The molecule has 2 aromatic carbocycles. The van der Waals surface area contributed by atoms with Crippen LogP contribution in [0.5, 0.6) is 17.2 Å². The van der Waals surface area contributed by atoms with E-state index in [0.717, 1.165) is 15.8 Å². The summed E-state index contributed by atoms with van der Waals surface area (Å²) in [5, 5.41) is 2.85. The van der Waals surface area contributed by atoms with Crippen molar-refractivity contribution in [2.45, 2.75) is 13.3 Å². The average molecular weight is 408 g/mol. The van der Waals surface area contributed by atoms with Crippen LogP contribution >= 0.6 is 15.9 Å². The number of hydrogen-bond donors (Lipinski definition) is 1. The molecule has 0 fully saturated rings. The molecule has 0 spiro atoms. The summed E-state index contributed by atoms with van der Waals surface area (Å²) < 4.78 is 16.9. The molecule has 25 heavy (non-hydrogen) atoms. The fraction of sp³-hybridized carbons (Fsp3) is 0.316. The van der Waals surface area contributed by atoms with Crippen LogP contribution in [0.15, 0.2) is 40.9 Å². The zero-order valence-corrected chi connectivity index (χ0v) is 16.2. The second kappa shape index (κ2) is 9.32. The molecule has 0 bridgehead atoms. The predicted octanol–water partition coefficient (Wildman–Crippen LogP) is 3.51. The predicted molar refractivity (Wildman–Crippen MR) is 101 cm³/mol. The molecule has 0 radical (unpaired) electrons. The van der Waals surface area contributed by atoms with Gasteiger partial charge in [0.15, 0.2) is 11.5 Å². The van der Waals surface area contributed by atoms with Gasteiger partial charge in [-0.05, 0) is 36.8 Å². The lowest BCUT2D eigenvalue weighted by Gasteiger charge is -2.12. The molecular formula is C19H22BrNO4. The van der Waals surface area contributed by atoms with Crippen LogP contribution in [0.3, 0.4) is 0 Å². The number of benzene rings is 2. The molecule has 0 saturated carbocycles. The van der Waals surface area contributed by atoms with Crippen LogP contribution in [0.4, 0.5) is 0 Å². The Bertz CT molecular complexity index is 716. The van der Waals surface area contributed by atoms with Crippen molar-refractivity contribution in [3.63, 3.8) is 0 Å². The minimum absolute atomic E-state index is 0.0829. The Balaban J connectivity index is 1.83. The van der Waals surface area contributed by atoms with Crippen LogP contribution in [0.2, 0.25) is 0 Å². The normalized spacial score (nSPS) is 10.2. The first kappa shape index (κ1) is 19.1. The van der Waals surface area contributed by atoms with E-state index in [2.05, 4.69) is 21.2 Å². The van der Waals surface area contributed by atoms with Gasteiger partial charge in [-0.25, -0.2) is 0 Å². The van der Waals surface area contributed by atoms with Crippen molar-refractivity contribution in [1.82, 2.24) is 5.32 Å². The molecular weight excluding hydrogens is 386 g/mol. The highest BCUT2D eigenvalue weighted by Gasteiger charge is 2.12. The number of rotatable bonds is 8. The highest BCUT2D eigenvalue weighted by atomic mass is 79.9. The van der Waals surface area contributed by atoms with Gasteiger partial charge in [0.25, 0.3) is 0 Å². The minimum atomic E-state index is -0.0829. The summed E-state index contributed by atoms with van der Waals surface area (Å²) in [5.74, 6) is 1.92. The Morgan fingerprint density at radius 2 is 1.72 bits per heavy atom. The maximum Gasteiger partial charge on any atom is 0.224 e. The Labute approximate surface area is 156 Å². The molecule has 0 saturated heterocycles. The molecule has 0 aliphatic rings. The SMILES string of the molecule is COc1cc(Br)c(CC(=O)NCCOc2ccc(C)cc2)cc1OC. The van der Waals surface area contributed by atoms with Crippen molar-refractivity contribution in [3.8, 4) is 17.2 Å². The highest BCUT2D eigenvalue weighted by molar-refractivity contribution is 9.10. The average Bonchev–Trinajstić information content (AvgIpc) is 2.61. The van der Waals surface area contributed by atoms with Gasteiger partial charge in [-0.2, -0.15) is 0 Å². The van der Waals surface area contributed by atoms with E-state index >= 15 is 0 Å². The molecule has 0 unspecified atom stereocenters. The topological polar surface area (TPSA) is 56.8 Å². The summed E-state index contributed by atoms with van der Waals surface area (Å²) >= 11 is 3.46. The van der Waals surface area contributed by atoms with Gasteiger partial charge in [-0.1, -0.05) is 33.6 Å². The third-order valence-electron chi connectivity index (χ3n) is 3.62. The number of carbonyl (C=O) groups excluding carboxylic acids is 1. The number of ether oxygens (including phenoxy) is 3. The molecule has 5 nitrogen and oxygen atoms in total. The molecule has 1 N–H and O–H groups in total. The van der Waals surface area contributed by atoms with Crippen LogP contribution in [-0.4, -0.2) is 33.3 Å². The van der Waals surface area contributed by atoms with E-state index in [4.69, 9.17) is 14.2 Å². The fourth-order valence-electron chi connectivity index (χ4n) is 2.26. The summed E-state index contributed by atoms with van der Waals surface area (Å²) in [4.78, 5) is 12.1. The number of carbonyl (C=O) groups is 1. The molecule has 0 aliphatic heterocycles. The second-order valence-corrected chi connectivity index (χ2v) is 6.34. The summed E-state index contributed by atoms with van der Waals surface area (Å²) in [6.45, 7) is 2.88. The lowest BCUT2D eigenvalue weighted by Crippen LogP contribution is -2.29. The van der Waals surface area contributed by atoms with Crippen molar-refractivity contribution in [2.24, 2.45) is 0 Å². The van der Waals surface area contributed by atoms with Crippen molar-refractivity contribution >= 4 is 21.8 Å². The summed E-state index contributed by atoms with van der Waals surface area (Å²) in [5.41, 5.74) is 2.01. The van der Waals surface area contributed by atoms with Crippen LogP contribution in [-0.2, 0) is 11.2 Å². The molecule has 0 heterocycles. The monoisotopic (exact) mass is 407 g/mol. The number of amides is 1. The van der Waals surface area contributed by atoms with Gasteiger partial charge < -0.3 is 19.5 Å². The van der Waals surface area contributed by atoms with Gasteiger partial charge in [-0.3, -0.25) is 4.79 Å². The number of nitrogens with one attached hydrogen (secondary N) is 1. The van der Waals surface area contributed by atoms with Gasteiger partial charge in [0, 0.05) is 4.47 Å². The Kier molecular flexibility index (Phi) is 7.13. The maximum atomic E-state index is 12.1. The van der Waals surface area contributed by atoms with E-state index < -0.39 is 0 Å². The molecule has 0 aromatic heterocycles. The van der Waals surface area contributed by atoms with Gasteiger partial charge in [0.1, 0.15) is 12.4 Å². The standard InChI is InChI=1S/C19H22BrNO4/c1-13-4-6-15(7-5-13)25-9-8-21-19(22)11-14-10-17(23-2)18(24-3)12-16(14)20/h4-7,10,12H,8-9,11H2,1-3H3,(H,21,22). The summed E-state index contributed by atoms with van der Waals surface area (Å²) in [6.07, 6.45) is 0.242. The first-order chi connectivity index (χ1) is 12.0. The molecule has 2 rings (SSSR count). The first-order valence-corrected chi connectivity index (χ1v) is 8.69. The lowest BCUT2D eigenvalue weighted by atomic mass is 10.1. The van der Waals surface area contributed by atoms with Crippen LogP contribution in [0, 0.1) is 6.92 Å². The smallest absolute Gasteiger partial charge is 0.224 e. The Morgan fingerprint density at radius 3 is 2.36 bits per heavy atom.